The van der Waals surface area contributed by atoms with Crippen molar-refractivity contribution >= 4 is 21.4 Å². The number of hydrogen-bond acceptors (Lipinski definition) is 4. The molecule has 2 rings (SSSR count). The topological polar surface area (TPSA) is 84.2 Å². The van der Waals surface area contributed by atoms with Crippen LogP contribution in [0.4, 0.5) is 11.4 Å². The summed E-state index contributed by atoms with van der Waals surface area (Å²) in [5.74, 6) is 0. The molecule has 0 spiro atoms. The van der Waals surface area contributed by atoms with Gasteiger partial charge in [-0.3, -0.25) is 0 Å². The first-order chi connectivity index (χ1) is 9.92. The molecule has 0 aromatic heterocycles. The molecular weight excluding hydrogens is 286 g/mol. The van der Waals surface area contributed by atoms with Crippen molar-refractivity contribution in [2.45, 2.75) is 18.4 Å². The molecule has 6 heteroatoms. The van der Waals surface area contributed by atoms with Crippen LogP contribution < -0.4 is 15.8 Å². The van der Waals surface area contributed by atoms with Crippen LogP contribution in [0.1, 0.15) is 11.1 Å². The second kappa shape index (κ2) is 6.15. The first kappa shape index (κ1) is 15.3. The number of aryl methyl sites for hydroxylation is 1. The van der Waals surface area contributed by atoms with Gasteiger partial charge in [0.15, 0.2) is 0 Å². The molecule has 0 bridgehead atoms. The van der Waals surface area contributed by atoms with E-state index in [9.17, 15) is 8.42 Å². The minimum Gasteiger partial charge on any atom is -0.397 e. The lowest BCUT2D eigenvalue weighted by Gasteiger charge is -2.11. The zero-order valence-corrected chi connectivity index (χ0v) is 12.9. The maximum atomic E-state index is 11.7. The van der Waals surface area contributed by atoms with Crippen molar-refractivity contribution in [1.82, 2.24) is 4.72 Å². The highest BCUT2D eigenvalue weighted by Crippen LogP contribution is 2.23. The highest BCUT2D eigenvalue weighted by atomic mass is 32.2. The van der Waals surface area contributed by atoms with Crippen molar-refractivity contribution in [2.75, 3.05) is 18.1 Å². The van der Waals surface area contributed by atoms with Crippen LogP contribution in [0, 0.1) is 6.92 Å². The van der Waals surface area contributed by atoms with Gasteiger partial charge in [0.1, 0.15) is 0 Å². The predicted molar refractivity (Wildman–Crippen MR) is 85.6 cm³/mol. The average molecular weight is 305 g/mol. The van der Waals surface area contributed by atoms with Gasteiger partial charge in [0.2, 0.25) is 10.0 Å². The molecular formula is C15H19N3O2S. The number of nitrogens with one attached hydrogen (secondary N) is 2. The molecule has 0 aliphatic heterocycles. The fourth-order valence-electron chi connectivity index (χ4n) is 1.89. The molecule has 112 valence electrons. The normalized spacial score (nSPS) is 11.3. The number of benzene rings is 2. The van der Waals surface area contributed by atoms with E-state index in [-0.39, 0.29) is 4.90 Å². The zero-order chi connectivity index (χ0) is 15.5. The van der Waals surface area contributed by atoms with Crippen molar-refractivity contribution in [3.05, 3.63) is 53.6 Å². The summed E-state index contributed by atoms with van der Waals surface area (Å²) in [5.41, 5.74) is 9.36. The molecule has 5 nitrogen and oxygen atoms in total. The van der Waals surface area contributed by atoms with Gasteiger partial charge in [0.05, 0.1) is 16.3 Å². The summed E-state index contributed by atoms with van der Waals surface area (Å²) < 4.78 is 25.6. The smallest absolute Gasteiger partial charge is 0.240 e. The summed E-state index contributed by atoms with van der Waals surface area (Å²) in [6, 6.07) is 12.8. The number of anilines is 2. The Balaban J connectivity index is 2.13. The Bertz CT molecular complexity index is 725. The van der Waals surface area contributed by atoms with E-state index < -0.39 is 10.0 Å². The lowest BCUT2D eigenvalue weighted by atomic mass is 10.1. The van der Waals surface area contributed by atoms with Crippen molar-refractivity contribution in [2.24, 2.45) is 0 Å². The third kappa shape index (κ3) is 3.74. The van der Waals surface area contributed by atoms with Crippen LogP contribution in [-0.2, 0) is 16.6 Å². The van der Waals surface area contributed by atoms with Gasteiger partial charge in [-0.15, -0.1) is 0 Å². The molecule has 0 aliphatic rings. The van der Waals surface area contributed by atoms with Crippen LogP contribution in [0.15, 0.2) is 47.4 Å². The molecule has 0 fully saturated rings. The van der Waals surface area contributed by atoms with Gasteiger partial charge in [-0.1, -0.05) is 29.8 Å². The predicted octanol–water partition coefficient (Wildman–Crippen LogP) is 2.10. The Hall–Kier alpha value is -2.05. The maximum Gasteiger partial charge on any atom is 0.240 e. The van der Waals surface area contributed by atoms with E-state index >= 15 is 0 Å². The fourth-order valence-corrected chi connectivity index (χ4v) is 2.66. The third-order valence-electron chi connectivity index (χ3n) is 3.21. The molecule has 0 unspecified atom stereocenters. The SMILES string of the molecule is CNS(=O)(=O)c1ccc(NCc2ccc(C)cc2)c(N)c1. The van der Waals surface area contributed by atoms with Gasteiger partial charge < -0.3 is 11.1 Å². The van der Waals surface area contributed by atoms with Gasteiger partial charge in [-0.05, 0) is 37.7 Å². The quantitative estimate of drug-likeness (QED) is 0.739. The molecule has 0 heterocycles. The largest absolute Gasteiger partial charge is 0.397 e. The molecule has 2 aromatic carbocycles. The Kier molecular flexibility index (Phi) is 4.50. The van der Waals surface area contributed by atoms with E-state index in [1.165, 1.54) is 24.7 Å². The Morgan fingerprint density at radius 3 is 2.33 bits per heavy atom. The summed E-state index contributed by atoms with van der Waals surface area (Å²) in [5, 5.41) is 3.21. The molecule has 0 saturated carbocycles. The minimum atomic E-state index is -3.47. The van der Waals surface area contributed by atoms with Crippen LogP contribution in [-0.4, -0.2) is 15.5 Å². The standard InChI is InChI=1S/C15H19N3O2S/c1-11-3-5-12(6-4-11)10-18-15-8-7-13(9-14(15)16)21(19,20)17-2/h3-9,17-18H,10,16H2,1-2H3. The van der Waals surface area contributed by atoms with E-state index in [2.05, 4.69) is 10.0 Å². The number of nitrogen functional groups attached to an aromatic ring is 1. The molecule has 2 aromatic rings. The monoisotopic (exact) mass is 305 g/mol. The molecule has 0 atom stereocenters. The van der Waals surface area contributed by atoms with Crippen LogP contribution in [0.3, 0.4) is 0 Å². The van der Waals surface area contributed by atoms with Gasteiger partial charge >= 0.3 is 0 Å². The summed E-state index contributed by atoms with van der Waals surface area (Å²) in [4.78, 5) is 0.156. The van der Waals surface area contributed by atoms with Gasteiger partial charge in [0, 0.05) is 6.54 Å². The number of nitrogens with two attached hydrogens (primary N) is 1. The molecule has 4 N–H and O–H groups in total. The van der Waals surface area contributed by atoms with E-state index in [0.29, 0.717) is 17.9 Å². The number of rotatable bonds is 5. The van der Waals surface area contributed by atoms with Crippen molar-refractivity contribution in [1.29, 1.82) is 0 Å². The Labute approximate surface area is 125 Å². The Morgan fingerprint density at radius 1 is 1.10 bits per heavy atom. The first-order valence-corrected chi connectivity index (χ1v) is 8.03. The second-order valence-electron chi connectivity index (χ2n) is 4.80. The zero-order valence-electron chi connectivity index (χ0n) is 12.1. The molecule has 0 radical (unpaired) electrons. The summed E-state index contributed by atoms with van der Waals surface area (Å²) in [7, 11) is -2.10. The van der Waals surface area contributed by atoms with Crippen LogP contribution in [0.2, 0.25) is 0 Å². The van der Waals surface area contributed by atoms with E-state index in [1.807, 2.05) is 31.2 Å². The molecule has 0 aliphatic carbocycles. The van der Waals surface area contributed by atoms with Crippen LogP contribution >= 0.6 is 0 Å². The van der Waals surface area contributed by atoms with Crippen molar-refractivity contribution < 1.29 is 8.42 Å². The highest BCUT2D eigenvalue weighted by Gasteiger charge is 2.12. The van der Waals surface area contributed by atoms with Crippen molar-refractivity contribution in [3.63, 3.8) is 0 Å². The minimum absolute atomic E-state index is 0.156. The van der Waals surface area contributed by atoms with Crippen LogP contribution in [0.5, 0.6) is 0 Å². The third-order valence-corrected chi connectivity index (χ3v) is 4.62. The molecule has 21 heavy (non-hydrogen) atoms. The highest BCUT2D eigenvalue weighted by molar-refractivity contribution is 7.89. The summed E-state index contributed by atoms with van der Waals surface area (Å²) in [6.45, 7) is 2.67. The number of sulfonamides is 1. The maximum absolute atomic E-state index is 11.7. The fraction of sp³-hybridized carbons (Fsp3) is 0.200. The second-order valence-corrected chi connectivity index (χ2v) is 6.68. The van der Waals surface area contributed by atoms with Gasteiger partial charge in [0.25, 0.3) is 0 Å². The van der Waals surface area contributed by atoms with Crippen molar-refractivity contribution in [3.8, 4) is 0 Å². The average Bonchev–Trinajstić information content (AvgIpc) is 2.47. The Morgan fingerprint density at radius 2 is 1.76 bits per heavy atom. The van der Waals surface area contributed by atoms with Gasteiger partial charge in [-0.2, -0.15) is 0 Å². The summed E-state index contributed by atoms with van der Waals surface area (Å²) in [6.07, 6.45) is 0. The molecule has 0 saturated heterocycles. The molecule has 0 amide bonds. The lowest BCUT2D eigenvalue weighted by molar-refractivity contribution is 0.588. The van der Waals surface area contributed by atoms with Gasteiger partial charge in [-0.25, -0.2) is 13.1 Å². The van der Waals surface area contributed by atoms with E-state index in [0.717, 1.165) is 5.56 Å². The van der Waals surface area contributed by atoms with E-state index in [1.54, 1.807) is 6.07 Å². The van der Waals surface area contributed by atoms with E-state index in [4.69, 9.17) is 5.73 Å². The lowest BCUT2D eigenvalue weighted by Crippen LogP contribution is -2.18. The first-order valence-electron chi connectivity index (χ1n) is 6.55. The van der Waals surface area contributed by atoms with Crippen LogP contribution in [0.25, 0.3) is 0 Å². The summed E-state index contributed by atoms with van der Waals surface area (Å²) >= 11 is 0. The number of hydrogen-bond donors (Lipinski definition) is 3.